The Kier molecular flexibility index (Phi) is 5.68. The number of sulfone groups is 1. The smallest absolute Gasteiger partial charge is 0.236 e. The average molecular weight is 462 g/mol. The summed E-state index contributed by atoms with van der Waals surface area (Å²) in [6.07, 6.45) is -7.92. The molecule has 0 amide bonds. The number of rotatable bonds is 4. The average Bonchev–Trinajstić information content (AvgIpc) is 3.07. The molecule has 0 aliphatic rings. The second-order valence-electron chi connectivity index (χ2n) is 6.71. The third kappa shape index (κ3) is 4.46. The summed E-state index contributed by atoms with van der Waals surface area (Å²) in [6, 6.07) is 6.62. The molecule has 0 fully saturated rings. The molecule has 4 nitrogen and oxygen atoms in total. The van der Waals surface area contributed by atoms with Crippen LogP contribution in [0.15, 0.2) is 53.6 Å². The van der Waals surface area contributed by atoms with Crippen molar-refractivity contribution in [1.29, 1.82) is 0 Å². The van der Waals surface area contributed by atoms with Crippen LogP contribution >= 0.6 is 0 Å². The van der Waals surface area contributed by atoms with E-state index in [2.05, 4.69) is 5.10 Å². The molecule has 1 heterocycles. The van der Waals surface area contributed by atoms with Crippen molar-refractivity contribution in [2.45, 2.75) is 31.1 Å². The van der Waals surface area contributed by atoms with Crippen LogP contribution in [-0.2, 0) is 22.2 Å². The standard InChI is InChI=1S/C20H16F6N2O2S/c1-3-31(29,30)18-10-15(20(24,25)26)8-9-17(18)28-12(2)16(11-27-28)13-4-6-14(7-5-13)19(21,22)23/h4-11H,3H2,1-2H3. The molecule has 0 saturated carbocycles. The fourth-order valence-corrected chi connectivity index (χ4v) is 4.14. The lowest BCUT2D eigenvalue weighted by Gasteiger charge is -2.15. The Bertz CT molecular complexity index is 1210. The van der Waals surface area contributed by atoms with Gasteiger partial charge in [0.1, 0.15) is 0 Å². The van der Waals surface area contributed by atoms with Crippen LogP contribution in [0.2, 0.25) is 0 Å². The molecule has 0 saturated heterocycles. The second-order valence-corrected chi connectivity index (χ2v) is 8.96. The van der Waals surface area contributed by atoms with Gasteiger partial charge in [0.25, 0.3) is 0 Å². The van der Waals surface area contributed by atoms with E-state index < -0.39 is 44.0 Å². The van der Waals surface area contributed by atoms with Crippen molar-refractivity contribution in [2.75, 3.05) is 5.75 Å². The summed E-state index contributed by atoms with van der Waals surface area (Å²) >= 11 is 0. The Hall–Kier alpha value is -2.82. The number of hydrogen-bond acceptors (Lipinski definition) is 3. The number of nitrogens with zero attached hydrogens (tertiary/aromatic N) is 2. The van der Waals surface area contributed by atoms with Crippen LogP contribution in [0.3, 0.4) is 0 Å². The molecule has 0 unspecified atom stereocenters. The fraction of sp³-hybridized carbons (Fsp3) is 0.250. The SMILES string of the molecule is CCS(=O)(=O)c1cc(C(F)(F)F)ccc1-n1ncc(-c2ccc(C(F)(F)F)cc2)c1C. The molecule has 11 heteroatoms. The third-order valence-electron chi connectivity index (χ3n) is 4.76. The summed E-state index contributed by atoms with van der Waals surface area (Å²) in [5, 5.41) is 4.08. The van der Waals surface area contributed by atoms with Gasteiger partial charge in [-0.2, -0.15) is 31.4 Å². The van der Waals surface area contributed by atoms with Gasteiger partial charge < -0.3 is 0 Å². The van der Waals surface area contributed by atoms with E-state index in [1.165, 1.54) is 25.3 Å². The van der Waals surface area contributed by atoms with E-state index in [0.717, 1.165) is 28.9 Å². The summed E-state index contributed by atoms with van der Waals surface area (Å²) < 4.78 is 104. The Morgan fingerprint density at radius 2 is 1.45 bits per heavy atom. The summed E-state index contributed by atoms with van der Waals surface area (Å²) in [4.78, 5) is -0.532. The predicted octanol–water partition coefficient (Wildman–Crippen LogP) is 5.68. The van der Waals surface area contributed by atoms with Gasteiger partial charge in [-0.3, -0.25) is 0 Å². The normalized spacial score (nSPS) is 12.9. The van der Waals surface area contributed by atoms with Crippen molar-refractivity contribution >= 4 is 9.84 Å². The Morgan fingerprint density at radius 1 is 0.903 bits per heavy atom. The van der Waals surface area contributed by atoms with Crippen LogP contribution in [0, 0.1) is 6.92 Å². The third-order valence-corrected chi connectivity index (χ3v) is 6.52. The van der Waals surface area contributed by atoms with E-state index in [1.807, 2.05) is 0 Å². The van der Waals surface area contributed by atoms with Crippen LogP contribution in [0.25, 0.3) is 16.8 Å². The summed E-state index contributed by atoms with van der Waals surface area (Å²) in [7, 11) is -4.04. The molecule has 166 valence electrons. The maximum atomic E-state index is 13.1. The van der Waals surface area contributed by atoms with Crippen molar-refractivity contribution in [3.8, 4) is 16.8 Å². The van der Waals surface area contributed by atoms with Crippen molar-refractivity contribution in [2.24, 2.45) is 0 Å². The monoisotopic (exact) mass is 462 g/mol. The van der Waals surface area contributed by atoms with Crippen LogP contribution in [0.5, 0.6) is 0 Å². The number of halogens is 6. The number of aromatic nitrogens is 2. The van der Waals surface area contributed by atoms with Crippen molar-refractivity contribution in [3.05, 3.63) is 65.5 Å². The van der Waals surface area contributed by atoms with Crippen LogP contribution in [0.4, 0.5) is 26.3 Å². The first-order valence-corrected chi connectivity index (χ1v) is 10.6. The lowest BCUT2D eigenvalue weighted by molar-refractivity contribution is -0.138. The van der Waals surface area contributed by atoms with Gasteiger partial charge in [0.05, 0.1) is 33.7 Å². The molecule has 1 aromatic heterocycles. The lowest BCUT2D eigenvalue weighted by Crippen LogP contribution is -2.14. The van der Waals surface area contributed by atoms with Crippen molar-refractivity contribution in [3.63, 3.8) is 0 Å². The van der Waals surface area contributed by atoms with E-state index in [1.54, 1.807) is 6.92 Å². The zero-order chi connectivity index (χ0) is 23.2. The molecule has 0 atom stereocenters. The molecule has 3 aromatic rings. The molecule has 0 aliphatic heterocycles. The number of hydrogen-bond donors (Lipinski definition) is 0. The number of benzene rings is 2. The summed E-state index contributed by atoms with van der Waals surface area (Å²) in [6.45, 7) is 2.85. The molecular weight excluding hydrogens is 446 g/mol. The Balaban J connectivity index is 2.14. The predicted molar refractivity (Wildman–Crippen MR) is 101 cm³/mol. The first-order chi connectivity index (χ1) is 14.3. The maximum absolute atomic E-state index is 13.1. The minimum Gasteiger partial charge on any atom is -0.236 e. The second kappa shape index (κ2) is 7.70. The molecule has 3 rings (SSSR count). The Labute approximate surface area is 174 Å². The van der Waals surface area contributed by atoms with Gasteiger partial charge in [-0.15, -0.1) is 0 Å². The van der Waals surface area contributed by atoms with Crippen LogP contribution in [-0.4, -0.2) is 24.0 Å². The summed E-state index contributed by atoms with van der Waals surface area (Å²) in [5.41, 5.74) is -0.869. The quantitative estimate of drug-likeness (QED) is 0.469. The van der Waals surface area contributed by atoms with Gasteiger partial charge in [0.2, 0.25) is 0 Å². The molecular formula is C20H16F6N2O2S. The van der Waals surface area contributed by atoms with Gasteiger partial charge in [-0.05, 0) is 42.8 Å². The summed E-state index contributed by atoms with van der Waals surface area (Å²) in [5.74, 6) is -0.423. The minimum atomic E-state index is -4.74. The largest absolute Gasteiger partial charge is 0.416 e. The molecule has 31 heavy (non-hydrogen) atoms. The topological polar surface area (TPSA) is 52.0 Å². The van der Waals surface area contributed by atoms with Gasteiger partial charge in [0.15, 0.2) is 9.84 Å². The van der Waals surface area contributed by atoms with Crippen molar-refractivity contribution < 1.29 is 34.8 Å². The van der Waals surface area contributed by atoms with E-state index in [9.17, 15) is 34.8 Å². The first kappa shape index (κ1) is 22.9. The van der Waals surface area contributed by atoms with Gasteiger partial charge in [0, 0.05) is 11.3 Å². The van der Waals surface area contributed by atoms with Gasteiger partial charge in [-0.1, -0.05) is 19.1 Å². The number of alkyl halides is 6. The lowest BCUT2D eigenvalue weighted by atomic mass is 10.0. The van der Waals surface area contributed by atoms with E-state index in [0.29, 0.717) is 22.9 Å². The van der Waals surface area contributed by atoms with E-state index >= 15 is 0 Å². The molecule has 0 bridgehead atoms. The first-order valence-electron chi connectivity index (χ1n) is 8.92. The highest BCUT2D eigenvalue weighted by Crippen LogP contribution is 2.35. The van der Waals surface area contributed by atoms with Crippen molar-refractivity contribution in [1.82, 2.24) is 9.78 Å². The van der Waals surface area contributed by atoms with E-state index in [4.69, 9.17) is 0 Å². The van der Waals surface area contributed by atoms with Gasteiger partial charge in [-0.25, -0.2) is 13.1 Å². The van der Waals surface area contributed by atoms with E-state index in [-0.39, 0.29) is 5.69 Å². The zero-order valence-electron chi connectivity index (χ0n) is 16.2. The molecule has 0 radical (unpaired) electrons. The minimum absolute atomic E-state index is 0.0782. The van der Waals surface area contributed by atoms with Crippen LogP contribution in [0.1, 0.15) is 23.7 Å². The molecule has 0 aliphatic carbocycles. The highest BCUT2D eigenvalue weighted by molar-refractivity contribution is 7.91. The fourth-order valence-electron chi connectivity index (χ4n) is 3.04. The highest BCUT2D eigenvalue weighted by atomic mass is 32.2. The molecule has 0 N–H and O–H groups in total. The molecule has 2 aromatic carbocycles. The highest BCUT2D eigenvalue weighted by Gasteiger charge is 2.33. The van der Waals surface area contributed by atoms with Gasteiger partial charge >= 0.3 is 12.4 Å². The molecule has 0 spiro atoms. The zero-order valence-corrected chi connectivity index (χ0v) is 17.0. The maximum Gasteiger partial charge on any atom is 0.416 e. The van der Waals surface area contributed by atoms with Crippen LogP contribution < -0.4 is 0 Å². The Morgan fingerprint density at radius 3 is 1.97 bits per heavy atom.